The molecule has 0 aliphatic carbocycles. The molecule has 0 aromatic carbocycles. The lowest BCUT2D eigenvalue weighted by Gasteiger charge is -2.33. The second kappa shape index (κ2) is 4.23. The zero-order valence-electron chi connectivity index (χ0n) is 7.75. The van der Waals surface area contributed by atoms with Gasteiger partial charge in [-0.1, -0.05) is 0 Å². The van der Waals surface area contributed by atoms with Crippen LogP contribution in [0.3, 0.4) is 0 Å². The first kappa shape index (κ1) is 9.98. The Balaban J connectivity index is 2.67. The van der Waals surface area contributed by atoms with Crippen molar-refractivity contribution in [2.75, 3.05) is 6.54 Å². The van der Waals surface area contributed by atoms with Crippen LogP contribution in [-0.4, -0.2) is 29.3 Å². The van der Waals surface area contributed by atoms with Crippen LogP contribution in [0.5, 0.6) is 0 Å². The summed E-state index contributed by atoms with van der Waals surface area (Å²) in [5.74, 6) is 4.70. The number of likely N-dealkylation sites (tertiary alicyclic amines) is 1. The zero-order valence-corrected chi connectivity index (χ0v) is 7.75. The van der Waals surface area contributed by atoms with E-state index >= 15 is 0 Å². The van der Waals surface area contributed by atoms with E-state index in [9.17, 15) is 9.59 Å². The Morgan fingerprint density at radius 1 is 1.46 bits per heavy atom. The van der Waals surface area contributed by atoms with Crippen molar-refractivity contribution in [3.05, 3.63) is 0 Å². The molecule has 1 aliphatic rings. The third kappa shape index (κ3) is 2.18. The van der Waals surface area contributed by atoms with E-state index < -0.39 is 0 Å². The van der Waals surface area contributed by atoms with Crippen molar-refractivity contribution in [3.8, 4) is 0 Å². The number of hydrazine groups is 1. The molecule has 0 aromatic rings. The Labute approximate surface area is 77.2 Å². The van der Waals surface area contributed by atoms with Gasteiger partial charge in [-0.05, 0) is 19.3 Å². The van der Waals surface area contributed by atoms with Crippen molar-refractivity contribution < 1.29 is 9.59 Å². The van der Waals surface area contributed by atoms with Crippen molar-refractivity contribution >= 4 is 11.8 Å². The Bertz CT molecular complexity index is 217. The molecule has 3 N–H and O–H groups in total. The first-order valence-corrected chi connectivity index (χ1v) is 4.44. The summed E-state index contributed by atoms with van der Waals surface area (Å²) in [5.41, 5.74) is 2.09. The highest BCUT2D eigenvalue weighted by Gasteiger charge is 2.29. The molecule has 1 heterocycles. The number of rotatable bonds is 1. The fraction of sp³-hybridized carbons (Fsp3) is 0.750. The van der Waals surface area contributed by atoms with Crippen LogP contribution in [0.4, 0.5) is 0 Å². The van der Waals surface area contributed by atoms with Gasteiger partial charge in [0.05, 0.1) is 0 Å². The van der Waals surface area contributed by atoms with Crippen LogP contribution in [0.25, 0.3) is 0 Å². The summed E-state index contributed by atoms with van der Waals surface area (Å²) in [6.45, 7) is 2.13. The Morgan fingerprint density at radius 3 is 2.69 bits per heavy atom. The van der Waals surface area contributed by atoms with Gasteiger partial charge >= 0.3 is 0 Å². The number of hydrogen-bond donors (Lipinski definition) is 2. The normalized spacial score (nSPS) is 22.6. The predicted octanol–water partition coefficient (Wildman–Crippen LogP) is -0.623. The fourth-order valence-electron chi connectivity index (χ4n) is 1.68. The van der Waals surface area contributed by atoms with Crippen LogP contribution in [-0.2, 0) is 9.59 Å². The second-order valence-corrected chi connectivity index (χ2v) is 3.23. The number of carbonyl (C=O) groups is 2. The molecule has 0 saturated carbocycles. The van der Waals surface area contributed by atoms with E-state index in [1.54, 1.807) is 4.90 Å². The highest BCUT2D eigenvalue weighted by molar-refractivity contribution is 5.86. The largest absolute Gasteiger partial charge is 0.331 e. The summed E-state index contributed by atoms with van der Waals surface area (Å²) in [6.07, 6.45) is 2.65. The predicted molar refractivity (Wildman–Crippen MR) is 47.4 cm³/mol. The first-order chi connectivity index (χ1) is 6.16. The molecular formula is C8H15N3O2. The van der Waals surface area contributed by atoms with E-state index in [0.29, 0.717) is 13.0 Å². The standard InChI is InChI=1S/C8H15N3O2/c1-6(12)11-5-3-2-4-7(11)8(13)10-9/h7H,2-5,9H2,1H3,(H,10,13). The minimum absolute atomic E-state index is 0.0618. The smallest absolute Gasteiger partial charge is 0.256 e. The Kier molecular flexibility index (Phi) is 3.25. The van der Waals surface area contributed by atoms with E-state index in [1.165, 1.54) is 6.92 Å². The summed E-state index contributed by atoms with van der Waals surface area (Å²) in [6, 6.07) is -0.365. The lowest BCUT2D eigenvalue weighted by Crippen LogP contribution is -2.52. The number of nitrogens with two attached hydrogens (primary N) is 1. The van der Waals surface area contributed by atoms with Gasteiger partial charge in [-0.2, -0.15) is 0 Å². The van der Waals surface area contributed by atoms with Crippen LogP contribution < -0.4 is 11.3 Å². The van der Waals surface area contributed by atoms with Crippen molar-refractivity contribution in [1.29, 1.82) is 0 Å². The quantitative estimate of drug-likeness (QED) is 0.325. The van der Waals surface area contributed by atoms with Gasteiger partial charge in [0.15, 0.2) is 0 Å². The van der Waals surface area contributed by atoms with E-state index in [1.807, 2.05) is 0 Å². The molecule has 0 bridgehead atoms. The maximum Gasteiger partial charge on any atom is 0.256 e. The molecule has 5 nitrogen and oxygen atoms in total. The van der Waals surface area contributed by atoms with Crippen LogP contribution in [0, 0.1) is 0 Å². The summed E-state index contributed by atoms with van der Waals surface area (Å²) < 4.78 is 0. The maximum absolute atomic E-state index is 11.3. The minimum Gasteiger partial charge on any atom is -0.331 e. The molecule has 1 rings (SSSR count). The molecule has 1 aliphatic heterocycles. The lowest BCUT2D eigenvalue weighted by atomic mass is 10.0. The summed E-state index contributed by atoms with van der Waals surface area (Å²) in [7, 11) is 0. The van der Waals surface area contributed by atoms with Gasteiger partial charge < -0.3 is 4.90 Å². The molecule has 1 saturated heterocycles. The maximum atomic E-state index is 11.3. The summed E-state index contributed by atoms with van der Waals surface area (Å²) in [4.78, 5) is 24.0. The highest BCUT2D eigenvalue weighted by atomic mass is 16.2. The summed E-state index contributed by atoms with van der Waals surface area (Å²) >= 11 is 0. The first-order valence-electron chi connectivity index (χ1n) is 4.44. The van der Waals surface area contributed by atoms with Gasteiger partial charge in [-0.3, -0.25) is 15.0 Å². The molecule has 13 heavy (non-hydrogen) atoms. The molecule has 74 valence electrons. The van der Waals surface area contributed by atoms with E-state index in [-0.39, 0.29) is 17.9 Å². The zero-order chi connectivity index (χ0) is 9.84. The van der Waals surface area contributed by atoms with Crippen LogP contribution in [0.2, 0.25) is 0 Å². The van der Waals surface area contributed by atoms with Crippen molar-refractivity contribution in [3.63, 3.8) is 0 Å². The van der Waals surface area contributed by atoms with Crippen LogP contribution >= 0.6 is 0 Å². The molecule has 1 atom stereocenters. The van der Waals surface area contributed by atoms with Gasteiger partial charge in [0.2, 0.25) is 5.91 Å². The molecule has 0 spiro atoms. The number of piperidine rings is 1. The fourth-order valence-corrected chi connectivity index (χ4v) is 1.68. The highest BCUT2D eigenvalue weighted by Crippen LogP contribution is 2.16. The topological polar surface area (TPSA) is 75.4 Å². The number of amides is 2. The van der Waals surface area contributed by atoms with Crippen LogP contribution in [0.1, 0.15) is 26.2 Å². The van der Waals surface area contributed by atoms with E-state index in [4.69, 9.17) is 5.84 Å². The molecule has 1 unspecified atom stereocenters. The SMILES string of the molecule is CC(=O)N1CCCCC1C(=O)NN. The second-order valence-electron chi connectivity index (χ2n) is 3.23. The molecule has 0 radical (unpaired) electrons. The van der Waals surface area contributed by atoms with Crippen LogP contribution in [0.15, 0.2) is 0 Å². The number of carbonyl (C=O) groups excluding carboxylic acids is 2. The van der Waals surface area contributed by atoms with Crippen molar-refractivity contribution in [2.45, 2.75) is 32.2 Å². The van der Waals surface area contributed by atoms with E-state index in [2.05, 4.69) is 5.43 Å². The Morgan fingerprint density at radius 2 is 2.15 bits per heavy atom. The van der Waals surface area contributed by atoms with Gasteiger partial charge in [0.25, 0.3) is 5.91 Å². The third-order valence-corrected chi connectivity index (χ3v) is 2.35. The molecule has 1 fully saturated rings. The van der Waals surface area contributed by atoms with Crippen molar-refractivity contribution in [2.24, 2.45) is 5.84 Å². The molecular weight excluding hydrogens is 170 g/mol. The number of nitrogens with zero attached hydrogens (tertiary/aromatic N) is 1. The monoisotopic (exact) mass is 185 g/mol. The minimum atomic E-state index is -0.365. The average molecular weight is 185 g/mol. The van der Waals surface area contributed by atoms with Gasteiger partial charge in [-0.25, -0.2) is 5.84 Å². The molecule has 5 heteroatoms. The molecule has 0 aromatic heterocycles. The van der Waals surface area contributed by atoms with Gasteiger partial charge in [0.1, 0.15) is 6.04 Å². The van der Waals surface area contributed by atoms with Gasteiger partial charge in [-0.15, -0.1) is 0 Å². The number of hydrogen-bond acceptors (Lipinski definition) is 3. The van der Waals surface area contributed by atoms with E-state index in [0.717, 1.165) is 12.8 Å². The average Bonchev–Trinajstić information content (AvgIpc) is 2.16. The Hall–Kier alpha value is -1.10. The van der Waals surface area contributed by atoms with Gasteiger partial charge in [0, 0.05) is 13.5 Å². The van der Waals surface area contributed by atoms with Crippen molar-refractivity contribution in [1.82, 2.24) is 10.3 Å². The molecule has 2 amide bonds. The lowest BCUT2D eigenvalue weighted by molar-refractivity contribution is -0.140. The summed E-state index contributed by atoms with van der Waals surface area (Å²) in [5, 5.41) is 0. The number of nitrogens with one attached hydrogen (secondary N) is 1. The third-order valence-electron chi connectivity index (χ3n) is 2.35.